The van der Waals surface area contributed by atoms with Crippen LogP contribution in [0.1, 0.15) is 59.1 Å². The van der Waals surface area contributed by atoms with E-state index in [1.54, 1.807) is 31.2 Å². The van der Waals surface area contributed by atoms with Gasteiger partial charge in [0, 0.05) is 30.3 Å². The van der Waals surface area contributed by atoms with Gasteiger partial charge in [-0.15, -0.1) is 0 Å². The molecule has 0 atom stereocenters. The number of benzene rings is 3. The van der Waals surface area contributed by atoms with E-state index in [4.69, 9.17) is 9.72 Å². The molecule has 1 fully saturated rings. The van der Waals surface area contributed by atoms with Crippen LogP contribution in [-0.4, -0.2) is 30.6 Å². The lowest BCUT2D eigenvalue weighted by Gasteiger charge is -2.17. The molecular formula is C33H29F3N4O3. The lowest BCUT2D eigenvalue weighted by atomic mass is 10.0. The van der Waals surface area contributed by atoms with Gasteiger partial charge >= 0.3 is 12.0 Å². The number of aryl methyl sites for hydroxylation is 1. The minimum Gasteiger partial charge on any atom is -0.478 e. The van der Waals surface area contributed by atoms with Crippen LogP contribution in [-0.2, 0) is 19.6 Å². The Morgan fingerprint density at radius 2 is 1.77 bits per heavy atom. The maximum absolute atomic E-state index is 15.5. The average molecular weight is 587 g/mol. The molecule has 1 N–H and O–H groups in total. The standard InChI is InChI=1S/C33H29F3N4O3/c1-3-33(9-10-33)18-40-29-14-20(31(41)42)6-7-28(29)38-30(40)15-22-13-26(36)23(16-25(22)35)27-8-11-37-32(39-27)43-17-21-5-4-19(2)12-24(21)34/h4-8,11-14,16H,3,9-10,15,17-18H2,1-2H3,(H,41,42). The summed E-state index contributed by atoms with van der Waals surface area (Å²) < 4.78 is 52.7. The topological polar surface area (TPSA) is 90.1 Å². The minimum absolute atomic E-state index is 0.0140. The molecule has 2 aromatic heterocycles. The maximum atomic E-state index is 15.5. The Balaban J connectivity index is 1.28. The van der Waals surface area contributed by atoms with Gasteiger partial charge in [0.1, 0.15) is 29.9 Å². The maximum Gasteiger partial charge on any atom is 0.335 e. The summed E-state index contributed by atoms with van der Waals surface area (Å²) in [5.74, 6) is -2.26. The molecule has 0 aliphatic heterocycles. The zero-order valence-corrected chi connectivity index (χ0v) is 23.7. The number of hydrogen-bond donors (Lipinski definition) is 1. The Kier molecular flexibility index (Phi) is 7.37. The zero-order valence-electron chi connectivity index (χ0n) is 23.7. The van der Waals surface area contributed by atoms with E-state index in [0.29, 0.717) is 29.0 Å². The molecule has 5 aromatic rings. The number of carboxylic acid groups (broad SMARTS) is 1. The van der Waals surface area contributed by atoms with E-state index in [1.807, 2.05) is 4.57 Å². The molecule has 0 spiro atoms. The van der Waals surface area contributed by atoms with Gasteiger partial charge in [-0.05, 0) is 85.2 Å². The number of carbonyl (C=O) groups is 1. The van der Waals surface area contributed by atoms with Gasteiger partial charge in [0.15, 0.2) is 0 Å². The summed E-state index contributed by atoms with van der Waals surface area (Å²) in [5, 5.41) is 9.52. The van der Waals surface area contributed by atoms with E-state index in [-0.39, 0.29) is 46.8 Å². The van der Waals surface area contributed by atoms with E-state index >= 15 is 8.78 Å². The van der Waals surface area contributed by atoms with Crippen LogP contribution in [0.4, 0.5) is 13.2 Å². The van der Waals surface area contributed by atoms with Crippen molar-refractivity contribution in [2.24, 2.45) is 5.41 Å². The van der Waals surface area contributed by atoms with E-state index < -0.39 is 23.4 Å². The number of carboxylic acids is 1. The summed E-state index contributed by atoms with van der Waals surface area (Å²) in [4.78, 5) is 24.6. The zero-order chi connectivity index (χ0) is 30.3. The molecule has 1 aliphatic rings. The van der Waals surface area contributed by atoms with Crippen LogP contribution in [0.25, 0.3) is 22.3 Å². The van der Waals surface area contributed by atoms with Crippen LogP contribution in [0.3, 0.4) is 0 Å². The molecule has 0 unspecified atom stereocenters. The average Bonchev–Trinajstić information content (AvgIpc) is 3.69. The molecule has 3 aromatic carbocycles. The Morgan fingerprint density at radius 3 is 2.49 bits per heavy atom. The Bertz CT molecular complexity index is 1870. The van der Waals surface area contributed by atoms with Crippen molar-refractivity contribution in [2.75, 3.05) is 0 Å². The van der Waals surface area contributed by atoms with Crippen molar-refractivity contribution in [3.8, 4) is 17.3 Å². The molecule has 6 rings (SSSR count). The van der Waals surface area contributed by atoms with Crippen LogP contribution in [0.5, 0.6) is 6.01 Å². The smallest absolute Gasteiger partial charge is 0.335 e. The number of nitrogens with zero attached hydrogens (tertiary/aromatic N) is 4. The first kappa shape index (κ1) is 28.4. The largest absolute Gasteiger partial charge is 0.478 e. The van der Waals surface area contributed by atoms with Crippen molar-refractivity contribution >= 4 is 17.0 Å². The Labute approximate surface area is 246 Å². The van der Waals surface area contributed by atoms with Gasteiger partial charge in [-0.2, -0.15) is 4.98 Å². The van der Waals surface area contributed by atoms with Gasteiger partial charge in [-0.3, -0.25) is 0 Å². The quantitative estimate of drug-likeness (QED) is 0.185. The summed E-state index contributed by atoms with van der Waals surface area (Å²) >= 11 is 0. The molecule has 0 radical (unpaired) electrons. The number of aromatic nitrogens is 4. The van der Waals surface area contributed by atoms with Crippen LogP contribution in [0.2, 0.25) is 0 Å². The van der Waals surface area contributed by atoms with Gasteiger partial charge in [-0.25, -0.2) is 27.9 Å². The summed E-state index contributed by atoms with van der Waals surface area (Å²) in [6.45, 7) is 4.39. The number of imidazole rings is 1. The molecule has 2 heterocycles. The third-order valence-corrected chi connectivity index (χ3v) is 8.23. The number of hydrogen-bond acceptors (Lipinski definition) is 5. The third kappa shape index (κ3) is 5.82. The van der Waals surface area contributed by atoms with E-state index in [1.165, 1.54) is 24.4 Å². The summed E-state index contributed by atoms with van der Waals surface area (Å²) in [6.07, 6.45) is 4.42. The molecule has 0 amide bonds. The molecule has 43 heavy (non-hydrogen) atoms. The fourth-order valence-corrected chi connectivity index (χ4v) is 5.31. The van der Waals surface area contributed by atoms with Gasteiger partial charge in [0.2, 0.25) is 0 Å². The predicted octanol–water partition coefficient (Wildman–Crippen LogP) is 7.28. The monoisotopic (exact) mass is 586 g/mol. The van der Waals surface area contributed by atoms with Crippen molar-refractivity contribution in [1.82, 2.24) is 19.5 Å². The van der Waals surface area contributed by atoms with E-state index in [9.17, 15) is 14.3 Å². The van der Waals surface area contributed by atoms with Crippen LogP contribution in [0, 0.1) is 29.8 Å². The second-order valence-electron chi connectivity index (χ2n) is 11.2. The highest BCUT2D eigenvalue weighted by atomic mass is 19.1. The van der Waals surface area contributed by atoms with Gasteiger partial charge < -0.3 is 14.4 Å². The second kappa shape index (κ2) is 11.2. The van der Waals surface area contributed by atoms with Crippen molar-refractivity contribution in [1.29, 1.82) is 0 Å². The van der Waals surface area contributed by atoms with Gasteiger partial charge in [0.05, 0.1) is 22.3 Å². The SMILES string of the molecule is CCC1(Cn2c(Cc3cc(F)c(-c4ccnc(OCc5ccc(C)cc5F)n4)cc3F)nc3ccc(C(=O)O)cc32)CC1. The lowest BCUT2D eigenvalue weighted by Crippen LogP contribution is -2.14. The van der Waals surface area contributed by atoms with Crippen LogP contribution < -0.4 is 4.74 Å². The Hall–Kier alpha value is -4.73. The molecule has 7 nitrogen and oxygen atoms in total. The number of aromatic carboxylic acids is 1. The molecule has 0 saturated heterocycles. The van der Waals surface area contributed by atoms with Gasteiger partial charge in [0.25, 0.3) is 0 Å². The fourth-order valence-electron chi connectivity index (χ4n) is 5.31. The first-order valence-corrected chi connectivity index (χ1v) is 14.1. The second-order valence-corrected chi connectivity index (χ2v) is 11.2. The van der Waals surface area contributed by atoms with E-state index in [0.717, 1.165) is 37.0 Å². The first-order chi connectivity index (χ1) is 20.6. The number of rotatable bonds is 10. The molecule has 1 aliphatic carbocycles. The first-order valence-electron chi connectivity index (χ1n) is 14.1. The fraction of sp³-hybridized carbons (Fsp3) is 0.273. The molecular weight excluding hydrogens is 557 g/mol. The third-order valence-electron chi connectivity index (χ3n) is 8.23. The summed E-state index contributed by atoms with van der Waals surface area (Å²) in [6, 6.07) is 13.0. The highest BCUT2D eigenvalue weighted by molar-refractivity contribution is 5.92. The number of halogens is 3. The lowest BCUT2D eigenvalue weighted by molar-refractivity contribution is 0.0697. The molecule has 10 heteroatoms. The predicted molar refractivity (Wildman–Crippen MR) is 154 cm³/mol. The number of ether oxygens (including phenoxy) is 1. The van der Waals surface area contributed by atoms with Crippen molar-refractivity contribution in [3.63, 3.8) is 0 Å². The summed E-state index contributed by atoms with van der Waals surface area (Å²) in [7, 11) is 0. The molecule has 220 valence electrons. The van der Waals surface area contributed by atoms with Gasteiger partial charge in [-0.1, -0.05) is 19.1 Å². The van der Waals surface area contributed by atoms with Crippen LogP contribution >= 0.6 is 0 Å². The van der Waals surface area contributed by atoms with Crippen molar-refractivity contribution in [3.05, 3.63) is 106 Å². The molecule has 0 bridgehead atoms. The highest BCUT2D eigenvalue weighted by Gasteiger charge is 2.41. The van der Waals surface area contributed by atoms with Crippen molar-refractivity contribution < 1.29 is 27.8 Å². The molecule has 1 saturated carbocycles. The van der Waals surface area contributed by atoms with Crippen molar-refractivity contribution in [2.45, 2.75) is 52.7 Å². The normalized spacial score (nSPS) is 13.8. The number of fused-ring (bicyclic) bond motifs is 1. The Morgan fingerprint density at radius 1 is 0.977 bits per heavy atom. The van der Waals surface area contributed by atoms with E-state index in [2.05, 4.69) is 16.9 Å². The van der Waals surface area contributed by atoms with Crippen LogP contribution in [0.15, 0.2) is 60.8 Å². The summed E-state index contributed by atoms with van der Waals surface area (Å²) in [5.41, 5.74) is 2.73. The highest BCUT2D eigenvalue weighted by Crippen LogP contribution is 2.50. The minimum atomic E-state index is -1.04.